The maximum Gasteiger partial charge on any atom is -0.0412 e. The molecular weight excluding hydrogens is 180 g/mol. The van der Waals surface area contributed by atoms with Gasteiger partial charge in [-0.1, -0.05) is 81.1 Å². The first-order valence-corrected chi connectivity index (χ1v) is 7.20. The number of rotatable bonds is 6. The van der Waals surface area contributed by atoms with Crippen LogP contribution in [0.4, 0.5) is 0 Å². The molecule has 0 rings (SSSR count). The standard InChI is InChI=1S/C11H24.2C2H6/c1-5-7-11(8-6-2)9-10(3)4;2*1-2/h10-11H,5-9H2,1-4H3;2*1-2H3. The van der Waals surface area contributed by atoms with Crippen molar-refractivity contribution < 1.29 is 0 Å². The van der Waals surface area contributed by atoms with Crippen molar-refractivity contribution in [2.45, 2.75) is 87.5 Å². The average molecular weight is 216 g/mol. The molecule has 0 aromatic heterocycles. The van der Waals surface area contributed by atoms with Gasteiger partial charge in [0, 0.05) is 0 Å². The SMILES string of the molecule is CC.CC.CCCC(CCC)CC(C)C. The third-order valence-electron chi connectivity index (χ3n) is 2.20. The fraction of sp³-hybridized carbons (Fsp3) is 1.00. The first kappa shape index (κ1) is 20.4. The van der Waals surface area contributed by atoms with E-state index in [1.807, 2.05) is 27.7 Å². The van der Waals surface area contributed by atoms with Gasteiger partial charge in [-0.3, -0.25) is 0 Å². The molecule has 0 amide bonds. The number of hydrogen-bond donors (Lipinski definition) is 0. The molecule has 0 nitrogen and oxygen atoms in total. The molecule has 0 aromatic carbocycles. The molecule has 0 atom stereocenters. The predicted octanol–water partition coefficient (Wildman–Crippen LogP) is 6.30. The molecular formula is C15H36. The predicted molar refractivity (Wildman–Crippen MR) is 75.5 cm³/mol. The lowest BCUT2D eigenvalue weighted by molar-refractivity contribution is 0.358. The maximum absolute atomic E-state index is 2.33. The van der Waals surface area contributed by atoms with Gasteiger partial charge in [0.25, 0.3) is 0 Å². The lowest BCUT2D eigenvalue weighted by Gasteiger charge is -2.16. The highest BCUT2D eigenvalue weighted by Crippen LogP contribution is 2.21. The second kappa shape index (κ2) is 19.6. The van der Waals surface area contributed by atoms with E-state index in [1.165, 1.54) is 32.1 Å². The van der Waals surface area contributed by atoms with Crippen molar-refractivity contribution in [3.8, 4) is 0 Å². The summed E-state index contributed by atoms with van der Waals surface area (Å²) in [4.78, 5) is 0. The van der Waals surface area contributed by atoms with Crippen molar-refractivity contribution in [1.29, 1.82) is 0 Å². The maximum atomic E-state index is 2.33. The highest BCUT2D eigenvalue weighted by molar-refractivity contribution is 4.60. The van der Waals surface area contributed by atoms with Gasteiger partial charge in [-0.15, -0.1) is 0 Å². The molecule has 0 bridgehead atoms. The van der Waals surface area contributed by atoms with Crippen LogP contribution in [0.25, 0.3) is 0 Å². The normalized spacial score (nSPS) is 9.20. The van der Waals surface area contributed by atoms with Crippen LogP contribution in [-0.2, 0) is 0 Å². The molecule has 0 spiro atoms. The van der Waals surface area contributed by atoms with Crippen molar-refractivity contribution in [2.75, 3.05) is 0 Å². The van der Waals surface area contributed by atoms with Crippen LogP contribution >= 0.6 is 0 Å². The molecule has 15 heavy (non-hydrogen) atoms. The Morgan fingerprint density at radius 3 is 1.27 bits per heavy atom. The van der Waals surface area contributed by atoms with E-state index in [0.717, 1.165) is 11.8 Å². The molecule has 0 aliphatic heterocycles. The van der Waals surface area contributed by atoms with Crippen LogP contribution in [0.3, 0.4) is 0 Å². The Labute approximate surface area is 99.9 Å². The number of hydrogen-bond acceptors (Lipinski definition) is 0. The van der Waals surface area contributed by atoms with Crippen molar-refractivity contribution in [3.63, 3.8) is 0 Å². The van der Waals surface area contributed by atoms with Gasteiger partial charge >= 0.3 is 0 Å². The van der Waals surface area contributed by atoms with E-state index in [4.69, 9.17) is 0 Å². The molecule has 0 aliphatic carbocycles. The molecule has 0 N–H and O–H groups in total. The third-order valence-corrected chi connectivity index (χ3v) is 2.20. The van der Waals surface area contributed by atoms with Crippen molar-refractivity contribution in [3.05, 3.63) is 0 Å². The summed E-state index contributed by atoms with van der Waals surface area (Å²) in [5.41, 5.74) is 0. The van der Waals surface area contributed by atoms with E-state index in [9.17, 15) is 0 Å². The second-order valence-corrected chi connectivity index (χ2v) is 4.07. The van der Waals surface area contributed by atoms with Crippen LogP contribution in [0.1, 0.15) is 87.5 Å². The first-order valence-electron chi connectivity index (χ1n) is 7.20. The fourth-order valence-corrected chi connectivity index (χ4v) is 1.86. The molecule has 0 saturated heterocycles. The van der Waals surface area contributed by atoms with Gasteiger partial charge < -0.3 is 0 Å². The van der Waals surface area contributed by atoms with Crippen LogP contribution in [0.15, 0.2) is 0 Å². The van der Waals surface area contributed by atoms with E-state index >= 15 is 0 Å². The minimum atomic E-state index is 0.887. The lowest BCUT2D eigenvalue weighted by Crippen LogP contribution is -2.03. The Morgan fingerprint density at radius 2 is 1.07 bits per heavy atom. The minimum absolute atomic E-state index is 0.887. The largest absolute Gasteiger partial charge is 0.0683 e. The van der Waals surface area contributed by atoms with E-state index in [0.29, 0.717) is 0 Å². The Kier molecular flexibility index (Phi) is 26.6. The van der Waals surface area contributed by atoms with Crippen LogP contribution in [0, 0.1) is 11.8 Å². The molecule has 0 unspecified atom stereocenters. The molecule has 0 heteroatoms. The first-order chi connectivity index (χ1) is 7.20. The van der Waals surface area contributed by atoms with Crippen LogP contribution in [0.2, 0.25) is 0 Å². The van der Waals surface area contributed by atoms with E-state index in [1.54, 1.807) is 0 Å². The zero-order valence-electron chi connectivity index (χ0n) is 12.7. The molecule has 96 valence electrons. The summed E-state index contributed by atoms with van der Waals surface area (Å²) in [5, 5.41) is 0. The highest BCUT2D eigenvalue weighted by Gasteiger charge is 2.07. The van der Waals surface area contributed by atoms with E-state index in [-0.39, 0.29) is 0 Å². The summed E-state index contributed by atoms with van der Waals surface area (Å²) in [7, 11) is 0. The summed E-state index contributed by atoms with van der Waals surface area (Å²) in [5.74, 6) is 1.89. The van der Waals surface area contributed by atoms with Crippen LogP contribution < -0.4 is 0 Å². The highest BCUT2D eigenvalue weighted by atomic mass is 14.1. The Morgan fingerprint density at radius 1 is 0.733 bits per heavy atom. The second-order valence-electron chi connectivity index (χ2n) is 4.07. The molecule has 0 heterocycles. The van der Waals surface area contributed by atoms with E-state index in [2.05, 4.69) is 27.7 Å². The summed E-state index contributed by atoms with van der Waals surface area (Å²) >= 11 is 0. The van der Waals surface area contributed by atoms with Crippen LogP contribution in [-0.4, -0.2) is 0 Å². The molecule has 0 fully saturated rings. The molecule has 0 aliphatic rings. The molecule has 0 saturated carbocycles. The van der Waals surface area contributed by atoms with Gasteiger partial charge in [-0.2, -0.15) is 0 Å². The van der Waals surface area contributed by atoms with Crippen molar-refractivity contribution in [2.24, 2.45) is 11.8 Å². The zero-order valence-corrected chi connectivity index (χ0v) is 12.7. The Hall–Kier alpha value is 0. The van der Waals surface area contributed by atoms with Crippen molar-refractivity contribution >= 4 is 0 Å². The summed E-state index contributed by atoms with van der Waals surface area (Å²) in [6.45, 7) is 17.3. The minimum Gasteiger partial charge on any atom is -0.0683 e. The van der Waals surface area contributed by atoms with Gasteiger partial charge in [0.15, 0.2) is 0 Å². The third kappa shape index (κ3) is 20.2. The van der Waals surface area contributed by atoms with Crippen LogP contribution in [0.5, 0.6) is 0 Å². The summed E-state index contributed by atoms with van der Waals surface area (Å²) in [6.07, 6.45) is 7.02. The average Bonchev–Trinajstić information content (AvgIpc) is 2.24. The topological polar surface area (TPSA) is 0 Å². The smallest absolute Gasteiger partial charge is 0.0412 e. The summed E-state index contributed by atoms with van der Waals surface area (Å²) in [6, 6.07) is 0. The van der Waals surface area contributed by atoms with Gasteiger partial charge in [0.2, 0.25) is 0 Å². The Balaban J connectivity index is -0.000000318. The summed E-state index contributed by atoms with van der Waals surface area (Å²) < 4.78 is 0. The van der Waals surface area contributed by atoms with E-state index < -0.39 is 0 Å². The fourth-order valence-electron chi connectivity index (χ4n) is 1.86. The lowest BCUT2D eigenvalue weighted by atomic mass is 9.90. The monoisotopic (exact) mass is 216 g/mol. The van der Waals surface area contributed by atoms with Gasteiger partial charge in [0.05, 0.1) is 0 Å². The zero-order chi connectivity index (χ0) is 12.7. The molecule has 0 radical (unpaired) electrons. The van der Waals surface area contributed by atoms with Gasteiger partial charge in [0.1, 0.15) is 0 Å². The Bertz CT molecular complexity index is 68.1. The van der Waals surface area contributed by atoms with Gasteiger partial charge in [-0.05, 0) is 18.3 Å². The quantitative estimate of drug-likeness (QED) is 0.488. The molecule has 0 aromatic rings. The van der Waals surface area contributed by atoms with Gasteiger partial charge in [-0.25, -0.2) is 0 Å². The van der Waals surface area contributed by atoms with Crippen molar-refractivity contribution in [1.82, 2.24) is 0 Å².